The third-order valence-corrected chi connectivity index (χ3v) is 6.24. The number of carbonyl (C=O) groups is 2. The minimum atomic E-state index is -0.768. The zero-order valence-corrected chi connectivity index (χ0v) is 16.3. The Morgan fingerprint density at radius 3 is 2.50 bits per heavy atom. The summed E-state index contributed by atoms with van der Waals surface area (Å²) >= 11 is 1.43. The molecule has 0 N–H and O–H groups in total. The van der Waals surface area contributed by atoms with Crippen molar-refractivity contribution in [3.8, 4) is 5.75 Å². The number of hydrogen-bond donors (Lipinski definition) is 0. The summed E-state index contributed by atoms with van der Waals surface area (Å²) in [6, 6.07) is 1.80. The zero-order valence-electron chi connectivity index (χ0n) is 15.4. The van der Waals surface area contributed by atoms with Crippen LogP contribution >= 0.6 is 11.3 Å². The van der Waals surface area contributed by atoms with E-state index in [-0.39, 0.29) is 17.9 Å². The van der Waals surface area contributed by atoms with E-state index in [9.17, 15) is 9.59 Å². The Bertz CT molecular complexity index is 617. The average Bonchev–Trinajstić information content (AvgIpc) is 3.11. The Hall–Kier alpha value is -1.60. The molecule has 0 unspecified atom stereocenters. The van der Waals surface area contributed by atoms with Gasteiger partial charge in [0.2, 0.25) is 5.91 Å². The molecule has 0 atom stereocenters. The highest BCUT2D eigenvalue weighted by Gasteiger charge is 2.36. The normalized spacial score (nSPS) is 24.1. The molecule has 1 amide bonds. The molecule has 1 aromatic rings. The van der Waals surface area contributed by atoms with Crippen LogP contribution in [0, 0.1) is 11.8 Å². The summed E-state index contributed by atoms with van der Waals surface area (Å²) in [5, 5.41) is 2.54. The van der Waals surface area contributed by atoms with Crippen molar-refractivity contribution >= 4 is 28.4 Å². The highest BCUT2D eigenvalue weighted by molar-refractivity contribution is 7.14. The number of hydrogen-bond acceptors (Lipinski definition) is 6. The Balaban J connectivity index is 1.85. The molecule has 2 heterocycles. The number of anilines is 1. The van der Waals surface area contributed by atoms with Crippen LogP contribution in [0.15, 0.2) is 11.4 Å². The van der Waals surface area contributed by atoms with Gasteiger partial charge in [-0.2, -0.15) is 0 Å². The Morgan fingerprint density at radius 1 is 1.15 bits per heavy atom. The minimum absolute atomic E-state index is 0.0436. The van der Waals surface area contributed by atoms with E-state index in [2.05, 4.69) is 11.7 Å². The first kappa shape index (κ1) is 19.2. The van der Waals surface area contributed by atoms with Crippen molar-refractivity contribution in [3.63, 3.8) is 0 Å². The van der Waals surface area contributed by atoms with Crippen LogP contribution in [0.4, 0.5) is 9.80 Å². The molecule has 2 fully saturated rings. The van der Waals surface area contributed by atoms with Crippen LogP contribution in [-0.2, 0) is 14.3 Å². The van der Waals surface area contributed by atoms with Gasteiger partial charge in [0, 0.05) is 25.2 Å². The highest BCUT2D eigenvalue weighted by Crippen LogP contribution is 2.40. The van der Waals surface area contributed by atoms with Gasteiger partial charge in [-0.15, -0.1) is 11.3 Å². The van der Waals surface area contributed by atoms with Crippen molar-refractivity contribution in [1.29, 1.82) is 0 Å². The van der Waals surface area contributed by atoms with Crippen LogP contribution in [0.25, 0.3) is 0 Å². The van der Waals surface area contributed by atoms with Crippen LogP contribution in [0.3, 0.4) is 0 Å². The maximum absolute atomic E-state index is 13.4. The summed E-state index contributed by atoms with van der Waals surface area (Å²) < 4.78 is 15.4. The zero-order chi connectivity index (χ0) is 18.5. The second-order valence-electron chi connectivity index (χ2n) is 7.15. The monoisotopic (exact) mass is 381 g/mol. The van der Waals surface area contributed by atoms with Gasteiger partial charge in [-0.3, -0.25) is 9.69 Å². The molecule has 1 aliphatic carbocycles. The summed E-state index contributed by atoms with van der Waals surface area (Å²) in [6.07, 6.45) is 4.86. The van der Waals surface area contributed by atoms with Gasteiger partial charge in [-0.25, -0.2) is 4.79 Å². The number of ether oxygens (including phenoxy) is 3. The van der Waals surface area contributed by atoms with Gasteiger partial charge in [0.15, 0.2) is 5.75 Å². The van der Waals surface area contributed by atoms with Crippen LogP contribution in [0.2, 0.25) is 0 Å². The van der Waals surface area contributed by atoms with Crippen molar-refractivity contribution in [2.45, 2.75) is 51.5 Å². The van der Waals surface area contributed by atoms with Crippen molar-refractivity contribution in [3.05, 3.63) is 11.4 Å². The average molecular weight is 381 g/mol. The second-order valence-corrected chi connectivity index (χ2v) is 8.05. The first-order valence-electron chi connectivity index (χ1n) is 9.34. The fraction of sp³-hybridized carbons (Fsp3) is 0.684. The predicted molar refractivity (Wildman–Crippen MR) is 99.8 cm³/mol. The largest absolute Gasteiger partial charge is 0.513 e. The number of thiophene rings is 1. The molecule has 0 spiro atoms. The standard InChI is InChI=1S/C19H27NO5S/c1-13-3-5-14(6-4-13)17(21)20(15-7-10-24-11-8-15)18-16(9-12-26-18)25-19(22)23-2/h9,12-15H,3-8,10-11H2,1-2H3. The molecule has 1 saturated carbocycles. The predicted octanol–water partition coefficient (Wildman–Crippen LogP) is 4.23. The van der Waals surface area contributed by atoms with Crippen molar-refractivity contribution in [2.75, 3.05) is 25.2 Å². The fourth-order valence-electron chi connectivity index (χ4n) is 3.77. The van der Waals surface area contributed by atoms with E-state index in [1.54, 1.807) is 6.07 Å². The summed E-state index contributed by atoms with van der Waals surface area (Å²) in [4.78, 5) is 26.9. The van der Waals surface area contributed by atoms with Crippen molar-refractivity contribution < 1.29 is 23.8 Å². The number of methoxy groups -OCH3 is 1. The smallest absolute Gasteiger partial charge is 0.437 e. The number of rotatable bonds is 4. The lowest BCUT2D eigenvalue weighted by Gasteiger charge is -2.37. The molecular weight excluding hydrogens is 354 g/mol. The lowest BCUT2D eigenvalue weighted by molar-refractivity contribution is -0.124. The molecule has 0 radical (unpaired) electrons. The summed E-state index contributed by atoms with van der Waals surface area (Å²) in [7, 11) is 1.28. The molecule has 26 heavy (non-hydrogen) atoms. The molecular formula is C19H27NO5S. The first-order valence-corrected chi connectivity index (χ1v) is 10.2. The molecule has 0 bridgehead atoms. The van der Waals surface area contributed by atoms with Crippen LogP contribution < -0.4 is 9.64 Å². The lowest BCUT2D eigenvalue weighted by atomic mass is 9.82. The molecule has 2 aliphatic rings. The SMILES string of the molecule is COC(=O)Oc1ccsc1N(C(=O)C1CCC(C)CC1)C1CCOCC1. The maximum atomic E-state index is 13.4. The Kier molecular flexibility index (Phi) is 6.53. The molecule has 1 aliphatic heterocycles. The third kappa shape index (κ3) is 4.38. The molecule has 1 saturated heterocycles. The van der Waals surface area contributed by atoms with Crippen LogP contribution in [-0.4, -0.2) is 38.4 Å². The van der Waals surface area contributed by atoms with Gasteiger partial charge in [-0.05, 0) is 55.9 Å². The number of nitrogens with zero attached hydrogens (tertiary/aromatic N) is 1. The van der Waals surface area contributed by atoms with Gasteiger partial charge in [0.1, 0.15) is 5.00 Å². The first-order chi connectivity index (χ1) is 12.6. The van der Waals surface area contributed by atoms with Gasteiger partial charge in [0.25, 0.3) is 0 Å². The Morgan fingerprint density at radius 2 is 1.85 bits per heavy atom. The summed E-state index contributed by atoms with van der Waals surface area (Å²) in [5.41, 5.74) is 0. The fourth-order valence-corrected chi connectivity index (χ4v) is 4.67. The van der Waals surface area contributed by atoms with Crippen molar-refractivity contribution in [2.24, 2.45) is 11.8 Å². The van der Waals surface area contributed by atoms with E-state index in [0.717, 1.165) is 38.5 Å². The van der Waals surface area contributed by atoms with Gasteiger partial charge in [-0.1, -0.05) is 6.92 Å². The molecule has 1 aromatic heterocycles. The summed E-state index contributed by atoms with van der Waals surface area (Å²) in [5.74, 6) is 1.28. The van der Waals surface area contributed by atoms with E-state index >= 15 is 0 Å². The lowest BCUT2D eigenvalue weighted by Crippen LogP contribution is -2.46. The van der Waals surface area contributed by atoms with E-state index in [1.165, 1.54) is 18.4 Å². The van der Waals surface area contributed by atoms with Crippen LogP contribution in [0.1, 0.15) is 45.4 Å². The molecule has 0 aromatic carbocycles. The van der Waals surface area contributed by atoms with Gasteiger partial charge >= 0.3 is 6.16 Å². The van der Waals surface area contributed by atoms with E-state index in [0.29, 0.717) is 29.9 Å². The number of amides is 1. The molecule has 144 valence electrons. The van der Waals surface area contributed by atoms with E-state index in [1.807, 2.05) is 10.3 Å². The van der Waals surface area contributed by atoms with E-state index < -0.39 is 6.16 Å². The highest BCUT2D eigenvalue weighted by atomic mass is 32.1. The Labute approximate surface area is 158 Å². The van der Waals surface area contributed by atoms with Gasteiger partial charge in [0.05, 0.1) is 7.11 Å². The topological polar surface area (TPSA) is 65.1 Å². The van der Waals surface area contributed by atoms with Crippen molar-refractivity contribution in [1.82, 2.24) is 0 Å². The molecule has 6 nitrogen and oxygen atoms in total. The maximum Gasteiger partial charge on any atom is 0.513 e. The van der Waals surface area contributed by atoms with Crippen LogP contribution in [0.5, 0.6) is 5.75 Å². The molecule has 3 rings (SSSR count). The van der Waals surface area contributed by atoms with Gasteiger partial charge < -0.3 is 14.2 Å². The molecule has 7 heteroatoms. The minimum Gasteiger partial charge on any atom is -0.437 e. The second kappa shape index (κ2) is 8.86. The quantitative estimate of drug-likeness (QED) is 0.730. The van der Waals surface area contributed by atoms with E-state index in [4.69, 9.17) is 9.47 Å². The summed E-state index contributed by atoms with van der Waals surface area (Å²) in [6.45, 7) is 3.54. The number of carbonyl (C=O) groups excluding carboxylic acids is 2. The third-order valence-electron chi connectivity index (χ3n) is 5.35.